The Labute approximate surface area is 113 Å². The highest BCUT2D eigenvalue weighted by molar-refractivity contribution is 6.08. The van der Waals surface area contributed by atoms with E-state index >= 15 is 0 Å². The number of carbonyl (C=O) groups is 1. The third-order valence-electron chi connectivity index (χ3n) is 3.23. The summed E-state index contributed by atoms with van der Waals surface area (Å²) < 4.78 is 0. The lowest BCUT2D eigenvalue weighted by Gasteiger charge is -2.16. The summed E-state index contributed by atoms with van der Waals surface area (Å²) in [7, 11) is 1.90. The Morgan fingerprint density at radius 3 is 2.89 bits per heavy atom. The summed E-state index contributed by atoms with van der Waals surface area (Å²) in [6.45, 7) is 2.84. The van der Waals surface area contributed by atoms with Gasteiger partial charge in [0.15, 0.2) is 5.78 Å². The maximum atomic E-state index is 12.3. The Morgan fingerprint density at radius 2 is 2.16 bits per heavy atom. The largest absolute Gasteiger partial charge is 0.393 e. The number of fused-ring (bicyclic) bond motifs is 1. The molecule has 1 aromatic carbocycles. The number of hydrogen-bond acceptors (Lipinski definition) is 3. The predicted molar refractivity (Wildman–Crippen MR) is 76.4 cm³/mol. The highest BCUT2D eigenvalue weighted by Gasteiger charge is 2.13. The van der Waals surface area contributed by atoms with E-state index in [1.807, 2.05) is 36.2 Å². The topological polar surface area (TPSA) is 56.3 Å². The fourth-order valence-corrected chi connectivity index (χ4v) is 2.12. The summed E-state index contributed by atoms with van der Waals surface area (Å²) >= 11 is 0. The molecule has 1 heterocycles. The van der Waals surface area contributed by atoms with E-state index in [-0.39, 0.29) is 11.9 Å². The number of Topliss-reactive ketones (excluding diaryl/α,β-unsaturated/α-hetero) is 1. The number of carbonyl (C=O) groups excluding carboxylic acids is 1. The van der Waals surface area contributed by atoms with Crippen molar-refractivity contribution in [2.75, 3.05) is 20.1 Å². The van der Waals surface area contributed by atoms with Gasteiger partial charge in [-0.25, -0.2) is 0 Å². The van der Waals surface area contributed by atoms with Gasteiger partial charge in [0.25, 0.3) is 0 Å². The van der Waals surface area contributed by atoms with E-state index in [1.54, 1.807) is 13.1 Å². The van der Waals surface area contributed by atoms with Gasteiger partial charge in [-0.2, -0.15) is 0 Å². The molecule has 0 radical (unpaired) electrons. The quantitative estimate of drug-likeness (QED) is 0.782. The van der Waals surface area contributed by atoms with E-state index in [2.05, 4.69) is 4.98 Å². The van der Waals surface area contributed by atoms with Crippen molar-refractivity contribution in [2.24, 2.45) is 0 Å². The van der Waals surface area contributed by atoms with Crippen molar-refractivity contribution in [1.82, 2.24) is 9.88 Å². The zero-order valence-electron chi connectivity index (χ0n) is 11.4. The Bertz CT molecular complexity index is 560. The van der Waals surface area contributed by atoms with E-state index in [0.29, 0.717) is 19.5 Å². The van der Waals surface area contributed by atoms with Crippen molar-refractivity contribution < 1.29 is 9.90 Å². The lowest BCUT2D eigenvalue weighted by Crippen LogP contribution is -2.28. The van der Waals surface area contributed by atoms with Crippen LogP contribution in [-0.2, 0) is 0 Å². The predicted octanol–water partition coefficient (Wildman–Crippen LogP) is 2.05. The van der Waals surface area contributed by atoms with Gasteiger partial charge in [0, 0.05) is 29.2 Å². The minimum Gasteiger partial charge on any atom is -0.393 e. The first-order valence-electron chi connectivity index (χ1n) is 6.54. The third-order valence-corrected chi connectivity index (χ3v) is 3.23. The maximum absolute atomic E-state index is 12.3. The number of aliphatic hydroxyl groups is 1. The van der Waals surface area contributed by atoms with Gasteiger partial charge in [-0.15, -0.1) is 0 Å². The maximum Gasteiger partial charge on any atom is 0.178 e. The molecule has 0 aliphatic rings. The standard InChI is InChI=1S/C15H20N2O2/c1-11(18)7-8-17(2)10-15(19)13-9-16-14-6-4-3-5-12(13)14/h3-6,9,11,16,18H,7-8,10H2,1-2H3. The molecule has 102 valence electrons. The van der Waals surface area contributed by atoms with Gasteiger partial charge in [-0.1, -0.05) is 18.2 Å². The van der Waals surface area contributed by atoms with Crippen LogP contribution in [0.25, 0.3) is 10.9 Å². The van der Waals surface area contributed by atoms with E-state index in [4.69, 9.17) is 0 Å². The van der Waals surface area contributed by atoms with Crippen LogP contribution in [-0.4, -0.2) is 47.0 Å². The first kappa shape index (κ1) is 13.8. The number of H-pyrrole nitrogens is 1. The van der Waals surface area contributed by atoms with Gasteiger partial charge in [-0.3, -0.25) is 9.69 Å². The molecule has 19 heavy (non-hydrogen) atoms. The number of para-hydroxylation sites is 1. The lowest BCUT2D eigenvalue weighted by molar-refractivity contribution is 0.0933. The van der Waals surface area contributed by atoms with Crippen molar-refractivity contribution >= 4 is 16.7 Å². The summed E-state index contributed by atoms with van der Waals surface area (Å²) in [6, 6.07) is 7.80. The number of hydrogen-bond donors (Lipinski definition) is 2. The van der Waals surface area contributed by atoms with Crippen LogP contribution in [0.2, 0.25) is 0 Å². The molecule has 2 N–H and O–H groups in total. The van der Waals surface area contributed by atoms with Gasteiger partial charge >= 0.3 is 0 Å². The van der Waals surface area contributed by atoms with Gasteiger partial charge in [0.1, 0.15) is 0 Å². The van der Waals surface area contributed by atoms with E-state index in [1.165, 1.54) is 0 Å². The number of rotatable bonds is 6. The van der Waals surface area contributed by atoms with E-state index in [9.17, 15) is 9.90 Å². The number of nitrogens with one attached hydrogen (secondary N) is 1. The average Bonchev–Trinajstić information content (AvgIpc) is 2.80. The molecule has 2 rings (SSSR count). The van der Waals surface area contributed by atoms with Gasteiger partial charge in [-0.05, 0) is 26.5 Å². The second-order valence-corrected chi connectivity index (χ2v) is 5.05. The van der Waals surface area contributed by atoms with Crippen molar-refractivity contribution in [3.8, 4) is 0 Å². The van der Waals surface area contributed by atoms with Crippen LogP contribution in [0.1, 0.15) is 23.7 Å². The molecular weight excluding hydrogens is 240 g/mol. The Kier molecular flexibility index (Phi) is 4.35. The second-order valence-electron chi connectivity index (χ2n) is 5.05. The Hall–Kier alpha value is -1.65. The average molecular weight is 260 g/mol. The van der Waals surface area contributed by atoms with Crippen molar-refractivity contribution in [1.29, 1.82) is 0 Å². The molecule has 0 bridgehead atoms. The number of aromatic nitrogens is 1. The summed E-state index contributed by atoms with van der Waals surface area (Å²) in [5, 5.41) is 10.2. The third kappa shape index (κ3) is 3.43. The molecule has 0 saturated carbocycles. The molecule has 0 aliphatic carbocycles. The van der Waals surface area contributed by atoms with Crippen LogP contribution < -0.4 is 0 Å². The lowest BCUT2D eigenvalue weighted by atomic mass is 10.1. The number of benzene rings is 1. The van der Waals surface area contributed by atoms with Crippen LogP contribution in [0.4, 0.5) is 0 Å². The molecule has 0 saturated heterocycles. The van der Waals surface area contributed by atoms with Gasteiger partial charge in [0.2, 0.25) is 0 Å². The number of nitrogens with zero attached hydrogens (tertiary/aromatic N) is 1. The number of aromatic amines is 1. The van der Waals surface area contributed by atoms with Crippen molar-refractivity contribution in [2.45, 2.75) is 19.4 Å². The Balaban J connectivity index is 2.04. The molecule has 0 fully saturated rings. The molecule has 0 spiro atoms. The molecule has 1 aromatic heterocycles. The van der Waals surface area contributed by atoms with E-state index < -0.39 is 0 Å². The van der Waals surface area contributed by atoms with Crippen molar-refractivity contribution in [3.63, 3.8) is 0 Å². The molecule has 4 nitrogen and oxygen atoms in total. The minimum absolute atomic E-state index is 0.102. The molecule has 0 aliphatic heterocycles. The zero-order valence-corrected chi connectivity index (χ0v) is 11.4. The highest BCUT2D eigenvalue weighted by Crippen LogP contribution is 2.18. The molecule has 1 unspecified atom stereocenters. The number of aliphatic hydroxyl groups excluding tert-OH is 1. The fraction of sp³-hybridized carbons (Fsp3) is 0.400. The molecule has 2 aromatic rings. The van der Waals surface area contributed by atoms with Crippen LogP contribution in [0, 0.1) is 0 Å². The van der Waals surface area contributed by atoms with Crippen LogP contribution in [0.15, 0.2) is 30.5 Å². The minimum atomic E-state index is -0.328. The normalized spacial score (nSPS) is 13.1. The molecule has 0 amide bonds. The summed E-state index contributed by atoms with van der Waals surface area (Å²) in [5.41, 5.74) is 1.72. The first-order valence-corrected chi connectivity index (χ1v) is 6.54. The molecular formula is C15H20N2O2. The second kappa shape index (κ2) is 5.99. The zero-order chi connectivity index (χ0) is 13.8. The monoisotopic (exact) mass is 260 g/mol. The Morgan fingerprint density at radius 1 is 1.42 bits per heavy atom. The fourth-order valence-electron chi connectivity index (χ4n) is 2.12. The van der Waals surface area contributed by atoms with Crippen LogP contribution in [0.5, 0.6) is 0 Å². The van der Waals surface area contributed by atoms with Crippen LogP contribution >= 0.6 is 0 Å². The number of likely N-dealkylation sites (N-methyl/N-ethyl adjacent to an activating group) is 1. The first-order chi connectivity index (χ1) is 9.08. The van der Waals surface area contributed by atoms with Gasteiger partial charge < -0.3 is 10.1 Å². The molecule has 4 heteroatoms. The smallest absolute Gasteiger partial charge is 0.178 e. The summed E-state index contributed by atoms with van der Waals surface area (Å²) in [5.74, 6) is 0.102. The summed E-state index contributed by atoms with van der Waals surface area (Å²) in [6.07, 6.45) is 2.12. The highest BCUT2D eigenvalue weighted by atomic mass is 16.3. The van der Waals surface area contributed by atoms with E-state index in [0.717, 1.165) is 16.5 Å². The number of ketones is 1. The van der Waals surface area contributed by atoms with Crippen LogP contribution in [0.3, 0.4) is 0 Å². The molecule has 1 atom stereocenters. The van der Waals surface area contributed by atoms with Crippen molar-refractivity contribution in [3.05, 3.63) is 36.0 Å². The SMILES string of the molecule is CC(O)CCN(C)CC(=O)c1c[nH]c2ccccc12. The van der Waals surface area contributed by atoms with Gasteiger partial charge in [0.05, 0.1) is 12.6 Å². The summed E-state index contributed by atoms with van der Waals surface area (Å²) in [4.78, 5) is 17.3.